The maximum Gasteiger partial charge on any atom is 0.419 e. The SMILES string of the molecule is Cc1c(C)c(S(=O)(=O)NC(N)=NCCC[C@H](N)C(=O)NCC(=O)N[C@@H](CC(=O)OC(C)(C)C)C(=O)N[C@@H](Cc2cn(C(=O)OC(C)(C)C)c3ccccc23)C(=O)O)c(C)c2c1OC(C)(C)C2. The molecule has 20 nitrogen and oxygen atoms in total. The van der Waals surface area contributed by atoms with Gasteiger partial charge in [0.15, 0.2) is 0 Å². The molecule has 66 heavy (non-hydrogen) atoms. The van der Waals surface area contributed by atoms with E-state index in [4.69, 9.17) is 25.7 Å². The lowest BCUT2D eigenvalue weighted by molar-refractivity contribution is -0.156. The third kappa shape index (κ3) is 13.9. The molecule has 362 valence electrons. The van der Waals surface area contributed by atoms with E-state index in [1.807, 2.05) is 13.8 Å². The second-order valence-corrected chi connectivity index (χ2v) is 20.5. The summed E-state index contributed by atoms with van der Waals surface area (Å²) in [5.41, 5.74) is 13.2. The van der Waals surface area contributed by atoms with Crippen LogP contribution < -0.4 is 36.9 Å². The van der Waals surface area contributed by atoms with Gasteiger partial charge in [-0.25, -0.2) is 22.7 Å². The van der Waals surface area contributed by atoms with Crippen LogP contribution in [0.25, 0.3) is 10.9 Å². The summed E-state index contributed by atoms with van der Waals surface area (Å²) in [7, 11) is -4.13. The van der Waals surface area contributed by atoms with Gasteiger partial charge < -0.3 is 46.7 Å². The number of carboxylic acids is 1. The number of para-hydroxylation sites is 1. The summed E-state index contributed by atoms with van der Waals surface area (Å²) in [6.07, 6.45) is 0.551. The number of esters is 1. The molecule has 3 amide bonds. The maximum atomic E-state index is 13.7. The number of nitrogens with two attached hydrogens (primary N) is 2. The minimum atomic E-state index is -4.13. The summed E-state index contributed by atoms with van der Waals surface area (Å²) >= 11 is 0. The van der Waals surface area contributed by atoms with Gasteiger partial charge in [0, 0.05) is 36.5 Å². The van der Waals surface area contributed by atoms with Crippen LogP contribution in [0.15, 0.2) is 40.4 Å². The number of carbonyl (C=O) groups excluding carboxylic acids is 5. The molecule has 1 aliphatic rings. The second-order valence-electron chi connectivity index (χ2n) is 18.9. The van der Waals surface area contributed by atoms with Crippen molar-refractivity contribution in [1.29, 1.82) is 0 Å². The van der Waals surface area contributed by atoms with E-state index >= 15 is 0 Å². The zero-order chi connectivity index (χ0) is 49.7. The Kier molecular flexibility index (Phi) is 16.3. The predicted octanol–water partition coefficient (Wildman–Crippen LogP) is 2.91. The normalized spacial score (nSPS) is 15.1. The second kappa shape index (κ2) is 20.5. The standard InChI is InChI=1S/C45H64N8O12S/c1-24-25(2)37(26(3)29-21-45(10,11)64-36(24)29)66(61,62)52-41(47)48-18-14-16-30(46)38(56)49-22-34(54)50-31(20-35(55)63-43(4,5)6)39(57)51-32(40(58)59)19-27-23-53(42(60)65-44(7,8)9)33-17-13-12-15-28(27)33/h12-13,15,17,23,30-32H,14,16,18-22,46H2,1-11H3,(H,49,56)(H,50,54)(H,51,57)(H,58,59)(H3,47,48,52)/t30-,31-,32-/m0/s1. The zero-order valence-electron chi connectivity index (χ0n) is 39.5. The van der Waals surface area contributed by atoms with Crippen molar-refractivity contribution in [2.45, 2.75) is 148 Å². The fraction of sp³-hybridized carbons (Fsp3) is 0.533. The first kappa shape index (κ1) is 52.4. The fourth-order valence-electron chi connectivity index (χ4n) is 7.38. The molecule has 0 fully saturated rings. The number of aliphatic carboxylic acids is 1. The fourth-order valence-corrected chi connectivity index (χ4v) is 8.91. The van der Waals surface area contributed by atoms with Gasteiger partial charge in [0.25, 0.3) is 10.0 Å². The average molecular weight is 941 g/mol. The average Bonchev–Trinajstić information content (AvgIpc) is 3.72. The van der Waals surface area contributed by atoms with Gasteiger partial charge in [0.1, 0.15) is 34.6 Å². The number of sulfonamides is 1. The highest BCUT2D eigenvalue weighted by atomic mass is 32.2. The molecule has 1 aliphatic heterocycles. The number of ether oxygens (including phenoxy) is 3. The molecule has 1 aromatic heterocycles. The summed E-state index contributed by atoms with van der Waals surface area (Å²) < 4.78 is 47.5. The molecule has 0 saturated heterocycles. The minimum absolute atomic E-state index is 0.00359. The third-order valence-corrected chi connectivity index (χ3v) is 12.0. The van der Waals surface area contributed by atoms with Crippen molar-refractivity contribution >= 4 is 62.6 Å². The van der Waals surface area contributed by atoms with Crippen LogP contribution in [0.4, 0.5) is 4.79 Å². The monoisotopic (exact) mass is 940 g/mol. The van der Waals surface area contributed by atoms with Crippen LogP contribution in [0.2, 0.25) is 0 Å². The van der Waals surface area contributed by atoms with Crippen molar-refractivity contribution in [3.05, 3.63) is 58.3 Å². The van der Waals surface area contributed by atoms with Gasteiger partial charge >= 0.3 is 18.0 Å². The summed E-state index contributed by atoms with van der Waals surface area (Å²) in [4.78, 5) is 82.3. The Labute approximate surface area is 385 Å². The van der Waals surface area contributed by atoms with Gasteiger partial charge in [-0.05, 0) is 117 Å². The Hall–Kier alpha value is -6.22. The Morgan fingerprint density at radius 3 is 2.18 bits per heavy atom. The van der Waals surface area contributed by atoms with E-state index in [1.165, 1.54) is 10.8 Å². The number of amides is 3. The maximum absolute atomic E-state index is 13.7. The number of nitrogens with one attached hydrogen (secondary N) is 4. The van der Waals surface area contributed by atoms with Crippen LogP contribution in [-0.2, 0) is 56.3 Å². The molecule has 2 aromatic carbocycles. The smallest absolute Gasteiger partial charge is 0.419 e. The highest BCUT2D eigenvalue weighted by Crippen LogP contribution is 2.43. The van der Waals surface area contributed by atoms with Crippen LogP contribution in [0, 0.1) is 20.8 Å². The van der Waals surface area contributed by atoms with Gasteiger partial charge in [-0.3, -0.25) is 28.7 Å². The van der Waals surface area contributed by atoms with Gasteiger partial charge in [-0.2, -0.15) is 0 Å². The van der Waals surface area contributed by atoms with Crippen LogP contribution in [0.1, 0.15) is 102 Å². The molecule has 0 unspecified atom stereocenters. The largest absolute Gasteiger partial charge is 0.487 e. The third-order valence-electron chi connectivity index (χ3n) is 10.4. The van der Waals surface area contributed by atoms with Gasteiger partial charge in [0.2, 0.25) is 23.7 Å². The van der Waals surface area contributed by atoms with E-state index in [0.29, 0.717) is 45.3 Å². The predicted molar refractivity (Wildman–Crippen MR) is 245 cm³/mol. The summed E-state index contributed by atoms with van der Waals surface area (Å²) in [5, 5.41) is 17.8. The molecule has 3 aromatic rings. The number of aromatic nitrogens is 1. The van der Waals surface area contributed by atoms with Crippen LogP contribution in [-0.4, -0.2) is 108 Å². The van der Waals surface area contributed by atoms with Crippen molar-refractivity contribution in [1.82, 2.24) is 25.2 Å². The quantitative estimate of drug-likeness (QED) is 0.0443. The lowest BCUT2D eigenvalue weighted by atomic mass is 9.94. The number of rotatable bonds is 17. The minimum Gasteiger partial charge on any atom is -0.487 e. The topological polar surface area (TPSA) is 302 Å². The molecule has 0 saturated carbocycles. The van der Waals surface area contributed by atoms with E-state index in [1.54, 1.807) is 86.6 Å². The number of hydrogen-bond donors (Lipinski definition) is 7. The molecule has 9 N–H and O–H groups in total. The molecule has 2 heterocycles. The number of hydrogen-bond acceptors (Lipinski definition) is 13. The first-order chi connectivity index (χ1) is 30.4. The molecule has 0 aliphatic carbocycles. The molecule has 0 spiro atoms. The summed E-state index contributed by atoms with van der Waals surface area (Å²) in [5.74, 6) is -4.66. The summed E-state index contributed by atoms with van der Waals surface area (Å²) in [6.45, 7) is 18.3. The lowest BCUT2D eigenvalue weighted by Crippen LogP contribution is -2.55. The highest BCUT2D eigenvalue weighted by molar-refractivity contribution is 7.90. The number of guanidine groups is 1. The number of aliphatic imine (C=N–C) groups is 1. The molecule has 3 atom stereocenters. The first-order valence-electron chi connectivity index (χ1n) is 21.4. The van der Waals surface area contributed by atoms with Crippen molar-refractivity contribution in [2.75, 3.05) is 13.1 Å². The number of benzene rings is 2. The Morgan fingerprint density at radius 2 is 1.56 bits per heavy atom. The van der Waals surface area contributed by atoms with Crippen LogP contribution >= 0.6 is 0 Å². The van der Waals surface area contributed by atoms with Gasteiger partial charge in [-0.15, -0.1) is 0 Å². The lowest BCUT2D eigenvalue weighted by Gasteiger charge is -2.24. The number of fused-ring (bicyclic) bond motifs is 2. The number of carbonyl (C=O) groups is 6. The van der Waals surface area contributed by atoms with E-state index < -0.39 is 93.7 Å². The van der Waals surface area contributed by atoms with E-state index in [-0.39, 0.29) is 36.7 Å². The summed E-state index contributed by atoms with van der Waals surface area (Å²) in [6, 6.07) is 2.39. The molecule has 0 radical (unpaired) electrons. The van der Waals surface area contributed by atoms with E-state index in [0.717, 1.165) is 5.56 Å². The molecule has 0 bridgehead atoms. The molecule has 4 rings (SSSR count). The Balaban J connectivity index is 1.36. The molecule has 21 heteroatoms. The van der Waals surface area contributed by atoms with Crippen LogP contribution in [0.3, 0.4) is 0 Å². The van der Waals surface area contributed by atoms with Crippen LogP contribution in [0.5, 0.6) is 5.75 Å². The van der Waals surface area contributed by atoms with E-state index in [2.05, 4.69) is 25.7 Å². The van der Waals surface area contributed by atoms with Crippen molar-refractivity contribution in [2.24, 2.45) is 16.5 Å². The van der Waals surface area contributed by atoms with E-state index in [9.17, 15) is 42.3 Å². The van der Waals surface area contributed by atoms with Crippen molar-refractivity contribution < 1.29 is 56.5 Å². The Morgan fingerprint density at radius 1 is 0.924 bits per heavy atom. The number of nitrogens with zero attached hydrogens (tertiary/aromatic N) is 2. The first-order valence-corrected chi connectivity index (χ1v) is 22.9. The molecular formula is C45H64N8O12S. The highest BCUT2D eigenvalue weighted by Gasteiger charge is 2.37. The molecular weight excluding hydrogens is 877 g/mol. The Bertz CT molecular complexity index is 2520. The van der Waals surface area contributed by atoms with Gasteiger partial charge in [-0.1, -0.05) is 18.2 Å². The van der Waals surface area contributed by atoms with Gasteiger partial charge in [0.05, 0.1) is 29.4 Å². The van der Waals surface area contributed by atoms with Crippen molar-refractivity contribution in [3.8, 4) is 5.75 Å². The zero-order valence-corrected chi connectivity index (χ0v) is 40.3. The number of carboxylic acid groups (broad SMARTS) is 1. The van der Waals surface area contributed by atoms with Crippen molar-refractivity contribution in [3.63, 3.8) is 0 Å².